The van der Waals surface area contributed by atoms with E-state index in [1.165, 1.54) is 17.0 Å². The molecule has 0 aliphatic rings. The fraction of sp³-hybridized carbons (Fsp3) is 0.211. The minimum Gasteiger partial charge on any atom is -0.331 e. The summed E-state index contributed by atoms with van der Waals surface area (Å²) in [5, 5.41) is 0.470. The van der Waals surface area contributed by atoms with Crippen LogP contribution in [0.4, 0.5) is 0 Å². The Hall–Kier alpha value is -3.00. The lowest BCUT2D eigenvalue weighted by Gasteiger charge is -2.21. The molecule has 0 saturated carbocycles. The molecule has 0 atom stereocenters. The molecular weight excluding hydrogens is 366 g/mol. The Labute approximate surface area is 156 Å². The van der Waals surface area contributed by atoms with Crippen LogP contribution in [0.1, 0.15) is 23.1 Å². The Morgan fingerprint density at radius 3 is 2.48 bits per heavy atom. The number of aromatic nitrogens is 2. The maximum absolute atomic E-state index is 12.9. The van der Waals surface area contributed by atoms with E-state index in [0.717, 1.165) is 6.26 Å². The Kier molecular flexibility index (Phi) is 5.09. The van der Waals surface area contributed by atoms with Crippen LogP contribution in [0.25, 0.3) is 10.9 Å². The molecule has 1 amide bonds. The van der Waals surface area contributed by atoms with Crippen LogP contribution in [0, 0.1) is 0 Å². The monoisotopic (exact) mass is 385 g/mol. The highest BCUT2D eigenvalue weighted by molar-refractivity contribution is 7.90. The van der Waals surface area contributed by atoms with E-state index in [0.29, 0.717) is 23.3 Å². The van der Waals surface area contributed by atoms with Crippen molar-refractivity contribution < 1.29 is 13.2 Å². The van der Waals surface area contributed by atoms with Crippen molar-refractivity contribution in [1.29, 1.82) is 0 Å². The molecule has 0 aliphatic heterocycles. The molecule has 0 saturated heterocycles. The third-order valence-electron chi connectivity index (χ3n) is 4.19. The molecule has 27 heavy (non-hydrogen) atoms. The summed E-state index contributed by atoms with van der Waals surface area (Å²) < 4.78 is 24.0. The van der Waals surface area contributed by atoms with E-state index >= 15 is 0 Å². The maximum atomic E-state index is 12.9. The third-order valence-corrected chi connectivity index (χ3v) is 5.34. The molecular formula is C19H19N3O4S. The van der Waals surface area contributed by atoms with E-state index in [1.807, 2.05) is 0 Å². The smallest absolute Gasteiger partial charge is 0.258 e. The normalized spacial score (nSPS) is 11.5. The zero-order chi connectivity index (χ0) is 19.6. The van der Waals surface area contributed by atoms with Crippen LogP contribution < -0.4 is 5.56 Å². The van der Waals surface area contributed by atoms with Gasteiger partial charge in [-0.05, 0) is 31.2 Å². The molecule has 0 unspecified atom stereocenters. The van der Waals surface area contributed by atoms with Crippen molar-refractivity contribution in [3.05, 3.63) is 70.3 Å². The van der Waals surface area contributed by atoms with E-state index < -0.39 is 15.7 Å². The summed E-state index contributed by atoms with van der Waals surface area (Å²) in [6, 6.07) is 13.0. The quantitative estimate of drug-likeness (QED) is 0.724. The summed E-state index contributed by atoms with van der Waals surface area (Å²) in [5.74, 6) is -0.0972. The number of H-pyrrole nitrogens is 1. The largest absolute Gasteiger partial charge is 0.331 e. The SMILES string of the molecule is CCN(Cc1nc2ccccc2c(=O)[nH]1)C(=O)c1ccccc1S(C)(=O)=O. The topological polar surface area (TPSA) is 100 Å². The van der Waals surface area contributed by atoms with Gasteiger partial charge in [0, 0.05) is 12.8 Å². The average molecular weight is 385 g/mol. The number of carbonyl (C=O) groups excluding carboxylic acids is 1. The number of benzene rings is 2. The van der Waals surface area contributed by atoms with E-state index in [9.17, 15) is 18.0 Å². The van der Waals surface area contributed by atoms with Crippen LogP contribution >= 0.6 is 0 Å². The first-order valence-corrected chi connectivity index (χ1v) is 10.3. The molecule has 1 aromatic heterocycles. The number of para-hydroxylation sites is 1. The minimum absolute atomic E-state index is 0.0200. The number of rotatable bonds is 5. The Morgan fingerprint density at radius 1 is 1.11 bits per heavy atom. The van der Waals surface area contributed by atoms with Gasteiger partial charge in [-0.3, -0.25) is 9.59 Å². The van der Waals surface area contributed by atoms with E-state index in [2.05, 4.69) is 9.97 Å². The second kappa shape index (κ2) is 7.32. The highest BCUT2D eigenvalue weighted by atomic mass is 32.2. The predicted octanol–water partition coefficient (Wildman–Crippen LogP) is 1.99. The molecule has 0 bridgehead atoms. The van der Waals surface area contributed by atoms with Crippen molar-refractivity contribution in [1.82, 2.24) is 14.9 Å². The molecule has 8 heteroatoms. The van der Waals surface area contributed by atoms with Crippen LogP contribution in [-0.4, -0.2) is 42.0 Å². The number of carbonyl (C=O) groups is 1. The second-order valence-corrected chi connectivity index (χ2v) is 8.10. The van der Waals surface area contributed by atoms with Gasteiger partial charge < -0.3 is 9.88 Å². The molecule has 2 aromatic carbocycles. The van der Waals surface area contributed by atoms with Gasteiger partial charge in [0.25, 0.3) is 11.5 Å². The molecule has 7 nitrogen and oxygen atoms in total. The Balaban J connectivity index is 1.97. The molecule has 0 radical (unpaired) electrons. The van der Waals surface area contributed by atoms with E-state index in [-0.39, 0.29) is 22.6 Å². The fourth-order valence-corrected chi connectivity index (χ4v) is 3.74. The molecule has 3 aromatic rings. The molecule has 1 heterocycles. The van der Waals surface area contributed by atoms with Gasteiger partial charge in [-0.25, -0.2) is 13.4 Å². The van der Waals surface area contributed by atoms with Gasteiger partial charge in [0.15, 0.2) is 9.84 Å². The number of amides is 1. The Bertz CT molecular complexity index is 1170. The van der Waals surface area contributed by atoms with E-state index in [4.69, 9.17) is 0 Å². The van der Waals surface area contributed by atoms with Gasteiger partial charge in [-0.1, -0.05) is 24.3 Å². The van der Waals surface area contributed by atoms with Crippen LogP contribution in [0.5, 0.6) is 0 Å². The van der Waals surface area contributed by atoms with E-state index in [1.54, 1.807) is 43.3 Å². The zero-order valence-corrected chi connectivity index (χ0v) is 15.8. The molecule has 0 spiro atoms. The van der Waals surface area contributed by atoms with Gasteiger partial charge in [-0.2, -0.15) is 0 Å². The highest BCUT2D eigenvalue weighted by Crippen LogP contribution is 2.18. The van der Waals surface area contributed by atoms with Crippen molar-refractivity contribution in [3.63, 3.8) is 0 Å². The van der Waals surface area contributed by atoms with Gasteiger partial charge in [0.05, 0.1) is 27.9 Å². The number of hydrogen-bond acceptors (Lipinski definition) is 5. The third kappa shape index (κ3) is 3.90. The number of nitrogens with zero attached hydrogens (tertiary/aromatic N) is 2. The molecule has 0 aliphatic carbocycles. The van der Waals surface area contributed by atoms with Crippen molar-refractivity contribution in [2.45, 2.75) is 18.4 Å². The first-order valence-electron chi connectivity index (χ1n) is 8.37. The van der Waals surface area contributed by atoms with Gasteiger partial charge in [0.1, 0.15) is 5.82 Å². The van der Waals surface area contributed by atoms with Crippen molar-refractivity contribution in [2.75, 3.05) is 12.8 Å². The second-order valence-electron chi connectivity index (χ2n) is 6.12. The fourth-order valence-electron chi connectivity index (χ4n) is 2.85. The number of nitrogens with one attached hydrogen (secondary N) is 1. The van der Waals surface area contributed by atoms with Gasteiger partial charge >= 0.3 is 0 Å². The Morgan fingerprint density at radius 2 is 1.78 bits per heavy atom. The van der Waals surface area contributed by atoms with Gasteiger partial charge in [0.2, 0.25) is 0 Å². The number of fused-ring (bicyclic) bond motifs is 1. The lowest BCUT2D eigenvalue weighted by Crippen LogP contribution is -2.32. The van der Waals surface area contributed by atoms with Crippen LogP contribution in [0.3, 0.4) is 0 Å². The summed E-state index contributed by atoms with van der Waals surface area (Å²) in [6.07, 6.45) is 1.07. The summed E-state index contributed by atoms with van der Waals surface area (Å²) in [5.41, 5.74) is 0.358. The highest BCUT2D eigenvalue weighted by Gasteiger charge is 2.22. The summed E-state index contributed by atoms with van der Waals surface area (Å²) in [6.45, 7) is 2.17. The van der Waals surface area contributed by atoms with Crippen LogP contribution in [0.15, 0.2) is 58.2 Å². The first kappa shape index (κ1) is 18.8. The lowest BCUT2D eigenvalue weighted by atomic mass is 10.2. The van der Waals surface area contributed by atoms with Crippen molar-refractivity contribution in [2.24, 2.45) is 0 Å². The van der Waals surface area contributed by atoms with Crippen molar-refractivity contribution in [3.8, 4) is 0 Å². The number of aromatic amines is 1. The zero-order valence-electron chi connectivity index (χ0n) is 15.0. The minimum atomic E-state index is -3.55. The summed E-state index contributed by atoms with van der Waals surface area (Å²) >= 11 is 0. The standard InChI is InChI=1S/C19H19N3O4S/c1-3-22(19(24)14-9-5-7-11-16(14)27(2,25)26)12-17-20-15-10-6-4-8-13(15)18(23)21-17/h4-11H,3,12H2,1-2H3,(H,20,21,23). The van der Waals surface area contributed by atoms with Crippen molar-refractivity contribution >= 4 is 26.6 Å². The number of sulfone groups is 1. The molecule has 140 valence electrons. The predicted molar refractivity (Wildman–Crippen MR) is 102 cm³/mol. The summed E-state index contributed by atoms with van der Waals surface area (Å²) in [7, 11) is -3.55. The average Bonchev–Trinajstić information content (AvgIpc) is 2.65. The van der Waals surface area contributed by atoms with Crippen LogP contribution in [-0.2, 0) is 16.4 Å². The van der Waals surface area contributed by atoms with Gasteiger partial charge in [-0.15, -0.1) is 0 Å². The maximum Gasteiger partial charge on any atom is 0.258 e. The number of hydrogen-bond donors (Lipinski definition) is 1. The van der Waals surface area contributed by atoms with Crippen LogP contribution in [0.2, 0.25) is 0 Å². The molecule has 0 fully saturated rings. The lowest BCUT2D eigenvalue weighted by molar-refractivity contribution is 0.0744. The summed E-state index contributed by atoms with van der Waals surface area (Å²) in [4.78, 5) is 33.7. The molecule has 3 rings (SSSR count). The first-order chi connectivity index (χ1) is 12.8. The molecule has 1 N–H and O–H groups in total.